The van der Waals surface area contributed by atoms with Crippen molar-refractivity contribution in [3.05, 3.63) is 35.7 Å². The van der Waals surface area contributed by atoms with E-state index in [4.69, 9.17) is 5.14 Å². The molecule has 0 saturated carbocycles. The molecule has 0 bridgehead atoms. The Morgan fingerprint density at radius 2 is 1.86 bits per heavy atom. The van der Waals surface area contributed by atoms with Crippen molar-refractivity contribution in [2.24, 2.45) is 5.14 Å². The first kappa shape index (κ1) is 15.4. The number of anilines is 1. The summed E-state index contributed by atoms with van der Waals surface area (Å²) in [6.07, 6.45) is 2.04. The molecule has 1 aliphatic heterocycles. The number of aromatic nitrogens is 2. The van der Waals surface area contributed by atoms with Gasteiger partial charge >= 0.3 is 0 Å². The van der Waals surface area contributed by atoms with E-state index in [1.54, 1.807) is 12.1 Å². The molecule has 0 spiro atoms. The summed E-state index contributed by atoms with van der Waals surface area (Å²) in [7, 11) is -3.61. The molecule has 1 aromatic carbocycles. The van der Waals surface area contributed by atoms with Gasteiger partial charge in [0.2, 0.25) is 15.2 Å². The molecule has 0 radical (unpaired) electrons. The van der Waals surface area contributed by atoms with E-state index >= 15 is 0 Å². The maximum absolute atomic E-state index is 11.3. The van der Waals surface area contributed by atoms with Gasteiger partial charge < -0.3 is 4.90 Å². The zero-order valence-corrected chi connectivity index (χ0v) is 13.9. The van der Waals surface area contributed by atoms with Crippen molar-refractivity contribution in [1.29, 1.82) is 0 Å². The van der Waals surface area contributed by atoms with E-state index in [9.17, 15) is 8.42 Å². The van der Waals surface area contributed by atoms with Crippen molar-refractivity contribution in [3.8, 4) is 0 Å². The number of nitrogens with zero attached hydrogens (tertiary/aromatic N) is 3. The fourth-order valence-corrected chi connectivity index (χ4v) is 3.99. The Kier molecular flexibility index (Phi) is 4.16. The van der Waals surface area contributed by atoms with Crippen LogP contribution in [0.2, 0.25) is 0 Å². The molecule has 2 aromatic rings. The summed E-state index contributed by atoms with van der Waals surface area (Å²) >= 11 is 1.44. The molecule has 0 atom stereocenters. The molecule has 22 heavy (non-hydrogen) atoms. The molecule has 1 saturated heterocycles. The quantitative estimate of drug-likeness (QED) is 0.923. The second kappa shape index (κ2) is 5.94. The van der Waals surface area contributed by atoms with Crippen LogP contribution in [0.5, 0.6) is 0 Å². The third-order valence-electron chi connectivity index (χ3n) is 3.96. The van der Waals surface area contributed by atoms with E-state index in [2.05, 4.69) is 14.3 Å². The van der Waals surface area contributed by atoms with Crippen LogP contribution in [-0.2, 0) is 10.0 Å². The molecule has 1 aliphatic rings. The first-order valence-electron chi connectivity index (χ1n) is 7.11. The van der Waals surface area contributed by atoms with Crippen molar-refractivity contribution in [1.82, 2.24) is 9.36 Å². The lowest BCUT2D eigenvalue weighted by atomic mass is 9.90. The van der Waals surface area contributed by atoms with Gasteiger partial charge in [0.25, 0.3) is 0 Å². The van der Waals surface area contributed by atoms with Crippen LogP contribution in [0.3, 0.4) is 0 Å². The largest absolute Gasteiger partial charge is 0.347 e. The molecule has 0 amide bonds. The first-order valence-corrected chi connectivity index (χ1v) is 9.43. The van der Waals surface area contributed by atoms with Crippen LogP contribution in [0, 0.1) is 6.92 Å². The van der Waals surface area contributed by atoms with Crippen molar-refractivity contribution in [2.45, 2.75) is 30.6 Å². The van der Waals surface area contributed by atoms with Crippen LogP contribution < -0.4 is 10.0 Å². The number of primary sulfonamides is 1. The lowest BCUT2D eigenvalue weighted by Gasteiger charge is -2.31. The highest BCUT2D eigenvalue weighted by molar-refractivity contribution is 7.89. The number of piperidine rings is 1. The number of benzene rings is 1. The maximum atomic E-state index is 11.3. The summed E-state index contributed by atoms with van der Waals surface area (Å²) in [6.45, 7) is 3.78. The van der Waals surface area contributed by atoms with E-state index in [0.29, 0.717) is 5.92 Å². The standard InChI is InChI=1S/C14H18N4O2S2/c1-10-16-14(21-17-10)18-8-6-12(7-9-18)11-2-4-13(5-3-11)22(15,19)20/h2-5,12H,6-9H2,1H3,(H2,15,19,20). The van der Waals surface area contributed by atoms with E-state index in [0.717, 1.165) is 36.9 Å². The predicted molar refractivity (Wildman–Crippen MR) is 86.6 cm³/mol. The molecular formula is C14H18N4O2S2. The Balaban J connectivity index is 1.66. The minimum absolute atomic E-state index is 0.165. The highest BCUT2D eigenvalue weighted by atomic mass is 32.2. The summed E-state index contributed by atoms with van der Waals surface area (Å²) in [5.41, 5.74) is 1.17. The topological polar surface area (TPSA) is 89.2 Å². The molecule has 1 fully saturated rings. The SMILES string of the molecule is Cc1nsc(N2CCC(c3ccc(S(N)(=O)=O)cc3)CC2)n1. The van der Waals surface area contributed by atoms with Crippen molar-refractivity contribution >= 4 is 26.7 Å². The summed E-state index contributed by atoms with van der Waals surface area (Å²) < 4.78 is 26.8. The number of rotatable bonds is 3. The third-order valence-corrected chi connectivity index (χ3v) is 5.76. The zero-order valence-electron chi connectivity index (χ0n) is 12.3. The van der Waals surface area contributed by atoms with Gasteiger partial charge in [0.1, 0.15) is 5.82 Å². The van der Waals surface area contributed by atoms with Crippen molar-refractivity contribution in [2.75, 3.05) is 18.0 Å². The van der Waals surface area contributed by atoms with Crippen LogP contribution in [0.1, 0.15) is 30.1 Å². The predicted octanol–water partition coefficient (Wildman–Crippen LogP) is 1.88. The minimum Gasteiger partial charge on any atom is -0.347 e. The summed E-state index contributed by atoms with van der Waals surface area (Å²) in [4.78, 5) is 6.85. The Morgan fingerprint density at radius 3 is 2.36 bits per heavy atom. The van der Waals surface area contributed by atoms with E-state index < -0.39 is 10.0 Å². The van der Waals surface area contributed by atoms with Gasteiger partial charge in [-0.3, -0.25) is 0 Å². The molecule has 0 unspecified atom stereocenters. The maximum Gasteiger partial charge on any atom is 0.238 e. The fraction of sp³-hybridized carbons (Fsp3) is 0.429. The lowest BCUT2D eigenvalue weighted by Crippen LogP contribution is -2.32. The first-order chi connectivity index (χ1) is 10.4. The van der Waals surface area contributed by atoms with Crippen LogP contribution in [0.4, 0.5) is 5.13 Å². The highest BCUT2D eigenvalue weighted by Crippen LogP contribution is 2.31. The summed E-state index contributed by atoms with van der Waals surface area (Å²) in [5, 5.41) is 6.11. The molecular weight excluding hydrogens is 320 g/mol. The van der Waals surface area contributed by atoms with Crippen LogP contribution in [-0.4, -0.2) is 30.9 Å². The monoisotopic (exact) mass is 338 g/mol. The Hall–Kier alpha value is -1.51. The van der Waals surface area contributed by atoms with Crippen LogP contribution in [0.25, 0.3) is 0 Å². The summed E-state index contributed by atoms with van der Waals surface area (Å²) in [6, 6.07) is 6.92. The zero-order chi connectivity index (χ0) is 15.7. The molecule has 2 N–H and O–H groups in total. The minimum atomic E-state index is -3.61. The average molecular weight is 338 g/mol. The van der Waals surface area contributed by atoms with Gasteiger partial charge in [-0.1, -0.05) is 12.1 Å². The van der Waals surface area contributed by atoms with Crippen molar-refractivity contribution < 1.29 is 8.42 Å². The van der Waals surface area contributed by atoms with Gasteiger partial charge in [-0.05, 0) is 43.4 Å². The number of nitrogens with two attached hydrogens (primary N) is 1. The van der Waals surface area contributed by atoms with E-state index in [1.165, 1.54) is 17.1 Å². The van der Waals surface area contributed by atoms with Gasteiger partial charge in [0.15, 0.2) is 0 Å². The Morgan fingerprint density at radius 1 is 1.23 bits per heavy atom. The smallest absolute Gasteiger partial charge is 0.238 e. The van der Waals surface area contributed by atoms with Gasteiger partial charge in [-0.25, -0.2) is 18.5 Å². The molecule has 118 valence electrons. The molecule has 2 heterocycles. The van der Waals surface area contributed by atoms with Gasteiger partial charge in [-0.2, -0.15) is 4.37 Å². The number of aryl methyl sites for hydroxylation is 1. The van der Waals surface area contributed by atoms with Gasteiger partial charge in [-0.15, -0.1) is 0 Å². The third kappa shape index (κ3) is 3.29. The van der Waals surface area contributed by atoms with E-state index in [1.807, 2.05) is 19.1 Å². The van der Waals surface area contributed by atoms with Gasteiger partial charge in [0.05, 0.1) is 4.90 Å². The Labute approximate surface area is 134 Å². The normalized spacial score (nSPS) is 16.9. The average Bonchev–Trinajstić information content (AvgIpc) is 2.93. The number of hydrogen-bond acceptors (Lipinski definition) is 6. The second-order valence-corrected chi connectivity index (χ2v) is 7.79. The Bertz CT molecular complexity index is 747. The molecule has 8 heteroatoms. The number of hydrogen-bond donors (Lipinski definition) is 1. The van der Waals surface area contributed by atoms with Crippen LogP contribution >= 0.6 is 11.5 Å². The van der Waals surface area contributed by atoms with E-state index in [-0.39, 0.29) is 4.90 Å². The molecule has 1 aromatic heterocycles. The fourth-order valence-electron chi connectivity index (χ4n) is 2.75. The molecule has 0 aliphatic carbocycles. The highest BCUT2D eigenvalue weighted by Gasteiger charge is 2.23. The summed E-state index contributed by atoms with van der Waals surface area (Å²) in [5.74, 6) is 1.26. The molecule has 3 rings (SSSR count). The van der Waals surface area contributed by atoms with Gasteiger partial charge in [0, 0.05) is 24.6 Å². The second-order valence-electron chi connectivity index (χ2n) is 5.50. The van der Waals surface area contributed by atoms with Crippen molar-refractivity contribution in [3.63, 3.8) is 0 Å². The lowest BCUT2D eigenvalue weighted by molar-refractivity contribution is 0.504. The molecule has 6 nitrogen and oxygen atoms in total. The number of sulfonamides is 1. The van der Waals surface area contributed by atoms with Crippen LogP contribution in [0.15, 0.2) is 29.2 Å².